The topological polar surface area (TPSA) is 82.1 Å². The van der Waals surface area contributed by atoms with Gasteiger partial charge in [-0.25, -0.2) is 0 Å². The molecule has 0 unspecified atom stereocenters. The number of rotatable bonds is 7. The van der Waals surface area contributed by atoms with Crippen LogP contribution in [0.2, 0.25) is 22.9 Å². The number of hydrogen-bond acceptors (Lipinski definition) is 6. The first-order valence-corrected chi connectivity index (χ1v) is 26.1. The molecule has 0 aromatic heterocycles. The van der Waals surface area contributed by atoms with E-state index in [4.69, 9.17) is 20.5 Å². The van der Waals surface area contributed by atoms with Crippen molar-refractivity contribution in [2.75, 3.05) is 0 Å². The van der Waals surface area contributed by atoms with Gasteiger partial charge in [-0.2, -0.15) is 0 Å². The zero-order valence-corrected chi connectivity index (χ0v) is 39.3. The SMILES string of the molecule is C=C1[C@@H](C)[C@H]2[C@H](Cc3ccccc3)N(C(=O)c3ccccc3)C(=O)[C@]23C(=O)[C@H]([Se]c2ccccc2)C[C@@]2(C)OC(C)(C)O[C@@H]2[C@@H](C)C/C=C/[C@H]3[C@@H]1O[Si](C)(C)C(C)(C)C. The third-order valence-corrected chi connectivity index (χ3v) is 21.1. The molecule has 4 aliphatic rings. The maximum atomic E-state index is 16.8. The van der Waals surface area contributed by atoms with Crippen molar-refractivity contribution >= 4 is 45.3 Å². The van der Waals surface area contributed by atoms with E-state index in [2.05, 4.69) is 78.9 Å². The van der Waals surface area contributed by atoms with Crippen LogP contribution in [0, 0.1) is 29.1 Å². The number of amides is 2. The maximum absolute atomic E-state index is 16.8. The van der Waals surface area contributed by atoms with Gasteiger partial charge in [0.05, 0.1) is 0 Å². The van der Waals surface area contributed by atoms with Crippen LogP contribution in [-0.2, 0) is 29.9 Å². The van der Waals surface area contributed by atoms with Crippen LogP contribution >= 0.6 is 0 Å². The van der Waals surface area contributed by atoms with Crippen molar-refractivity contribution in [3.63, 3.8) is 0 Å². The molecular weight excluding hydrogens is 818 g/mol. The van der Waals surface area contributed by atoms with E-state index in [0.717, 1.165) is 15.6 Å². The fraction of sp³-hybridized carbons (Fsp3) is 0.500. The van der Waals surface area contributed by atoms with E-state index in [0.29, 0.717) is 24.8 Å². The van der Waals surface area contributed by atoms with Crippen LogP contribution in [0.15, 0.2) is 115 Å². The Hall–Kier alpha value is -3.43. The second-order valence-electron chi connectivity index (χ2n) is 19.7. The molecule has 9 heteroatoms. The molecule has 314 valence electrons. The van der Waals surface area contributed by atoms with Gasteiger partial charge in [-0.1, -0.05) is 0 Å². The summed E-state index contributed by atoms with van der Waals surface area (Å²) in [7, 11) is -2.53. The Morgan fingerprint density at radius 2 is 1.53 bits per heavy atom. The summed E-state index contributed by atoms with van der Waals surface area (Å²) in [6.45, 7) is 26.2. The minimum atomic E-state index is -2.53. The van der Waals surface area contributed by atoms with Gasteiger partial charge in [0.15, 0.2) is 0 Å². The molecule has 0 N–H and O–H groups in total. The Morgan fingerprint density at radius 1 is 0.932 bits per heavy atom. The Morgan fingerprint density at radius 3 is 2.14 bits per heavy atom. The van der Waals surface area contributed by atoms with Crippen molar-refractivity contribution in [3.8, 4) is 0 Å². The summed E-state index contributed by atoms with van der Waals surface area (Å²) in [6, 6.07) is 28.6. The molecule has 10 atom stereocenters. The van der Waals surface area contributed by atoms with Gasteiger partial charge in [0, 0.05) is 0 Å². The summed E-state index contributed by atoms with van der Waals surface area (Å²) in [6.07, 6.45) is 4.75. The van der Waals surface area contributed by atoms with E-state index in [1.807, 2.05) is 80.6 Å². The van der Waals surface area contributed by atoms with Crippen LogP contribution in [0.5, 0.6) is 0 Å². The number of ether oxygens (including phenoxy) is 2. The summed E-state index contributed by atoms with van der Waals surface area (Å²) in [5, 5.41) is -0.159. The van der Waals surface area contributed by atoms with E-state index in [9.17, 15) is 0 Å². The first-order valence-electron chi connectivity index (χ1n) is 21.4. The van der Waals surface area contributed by atoms with Crippen LogP contribution < -0.4 is 4.46 Å². The molecule has 2 heterocycles. The molecule has 59 heavy (non-hydrogen) atoms. The number of benzene rings is 3. The van der Waals surface area contributed by atoms with Gasteiger partial charge in [-0.3, -0.25) is 0 Å². The van der Waals surface area contributed by atoms with Crippen molar-refractivity contribution < 1.29 is 28.3 Å². The standard InChI is InChI=1S/C50H63NO6SeSi/c1-32-22-21-29-38-42(56-59(10,11)47(4,5)6)34(3)33(2)41-39(30-35-23-15-12-16-24-35)51(45(53)36-25-17-13-18-26-36)46(54)50(38,41)43(52)40(58-37-27-19-14-20-28-37)31-49(9)44(32)55-48(7,8)57-49/h12-21,23-29,32-33,38-42,44H,3,22,30-31H2,1-2,4-11H3/b29-21+/t32-,33+,38-,39-,40+,41-,42+,44+,49+,50-/m0/s1. The van der Waals surface area contributed by atoms with Gasteiger partial charge in [-0.05, 0) is 0 Å². The molecule has 7 nitrogen and oxygen atoms in total. The monoisotopic (exact) mass is 881 g/mol. The summed E-state index contributed by atoms with van der Waals surface area (Å²) in [4.78, 5) is 49.3. The number of hydrogen-bond donors (Lipinski definition) is 0. The summed E-state index contributed by atoms with van der Waals surface area (Å²) in [5.74, 6) is -3.38. The number of nitrogens with zero attached hydrogens (tertiary/aromatic N) is 1. The number of ketones is 1. The molecule has 3 aromatic carbocycles. The average Bonchev–Trinajstić information content (AvgIpc) is 3.59. The Balaban J connectivity index is 1.52. The van der Waals surface area contributed by atoms with Gasteiger partial charge in [0.25, 0.3) is 0 Å². The van der Waals surface area contributed by atoms with Gasteiger partial charge in [0.1, 0.15) is 0 Å². The molecule has 1 saturated carbocycles. The molecular formula is C50H63NO6SeSi. The van der Waals surface area contributed by atoms with Crippen molar-refractivity contribution in [2.45, 2.75) is 127 Å². The Bertz CT molecular complexity index is 2080. The van der Waals surface area contributed by atoms with Gasteiger partial charge < -0.3 is 0 Å². The molecule has 3 fully saturated rings. The van der Waals surface area contributed by atoms with E-state index in [1.165, 1.54) is 4.90 Å². The van der Waals surface area contributed by atoms with Crippen molar-refractivity contribution in [1.82, 2.24) is 4.90 Å². The second kappa shape index (κ2) is 16.1. The van der Waals surface area contributed by atoms with E-state index in [-0.39, 0.29) is 34.7 Å². The van der Waals surface area contributed by atoms with Gasteiger partial charge in [0.2, 0.25) is 0 Å². The van der Waals surface area contributed by atoms with Crippen molar-refractivity contribution in [2.24, 2.45) is 29.1 Å². The van der Waals surface area contributed by atoms with Crippen molar-refractivity contribution in [1.29, 1.82) is 0 Å². The van der Waals surface area contributed by atoms with Gasteiger partial charge in [-0.15, -0.1) is 0 Å². The van der Waals surface area contributed by atoms with Crippen LogP contribution in [0.3, 0.4) is 0 Å². The van der Waals surface area contributed by atoms with Crippen LogP contribution in [0.25, 0.3) is 0 Å². The number of Topliss-reactive ketones (excluding diaryl/α,β-unsaturated/α-hetero) is 1. The third kappa shape index (κ3) is 7.85. The molecule has 3 aromatic rings. The van der Waals surface area contributed by atoms with Crippen LogP contribution in [0.1, 0.15) is 84.2 Å². The van der Waals surface area contributed by atoms with E-state index < -0.39 is 74.8 Å². The molecule has 2 aliphatic carbocycles. The zero-order valence-electron chi connectivity index (χ0n) is 36.6. The van der Waals surface area contributed by atoms with Crippen LogP contribution in [0.4, 0.5) is 0 Å². The predicted molar refractivity (Wildman–Crippen MR) is 238 cm³/mol. The quantitative estimate of drug-likeness (QED) is 0.102. The number of imide groups is 1. The number of carbonyl (C=O) groups is 3. The molecule has 0 radical (unpaired) electrons. The van der Waals surface area contributed by atoms with Crippen LogP contribution in [-0.4, -0.2) is 75.4 Å². The number of fused-ring (bicyclic) bond motifs is 1. The fourth-order valence-corrected chi connectivity index (χ4v) is 14.5. The second-order valence-corrected chi connectivity index (χ2v) is 27.1. The Kier molecular flexibility index (Phi) is 11.9. The average molecular weight is 881 g/mol. The number of allylic oxidation sites excluding steroid dienone is 1. The third-order valence-electron chi connectivity index (χ3n) is 14.1. The molecule has 1 spiro atoms. The normalized spacial score (nSPS) is 34.1. The molecule has 2 aliphatic heterocycles. The number of carbonyl (C=O) groups excluding carboxylic acids is 3. The molecule has 2 amide bonds. The summed E-state index contributed by atoms with van der Waals surface area (Å²) >= 11 is -0.410. The number of likely N-dealkylation sites (tertiary alicyclic amines) is 1. The molecule has 7 rings (SSSR count). The van der Waals surface area contributed by atoms with Gasteiger partial charge >= 0.3 is 361 Å². The predicted octanol–water partition coefficient (Wildman–Crippen LogP) is 9.38. The Labute approximate surface area is 359 Å². The minimum absolute atomic E-state index is 0.0367. The first kappa shape index (κ1) is 43.6. The summed E-state index contributed by atoms with van der Waals surface area (Å²) < 4.78 is 22.1. The fourth-order valence-electron chi connectivity index (χ4n) is 10.4. The van der Waals surface area contributed by atoms with E-state index >= 15 is 14.4 Å². The van der Waals surface area contributed by atoms with E-state index in [1.54, 1.807) is 12.1 Å². The zero-order chi connectivity index (χ0) is 42.7. The molecule has 0 bridgehead atoms. The first-order chi connectivity index (χ1) is 27.7. The summed E-state index contributed by atoms with van der Waals surface area (Å²) in [5.41, 5.74) is -0.189. The molecule has 2 saturated heterocycles. The van der Waals surface area contributed by atoms with Crippen molar-refractivity contribution in [3.05, 3.63) is 126 Å².